The summed E-state index contributed by atoms with van der Waals surface area (Å²) in [6, 6.07) is 1.52. The molecule has 1 N–H and O–H groups in total. The van der Waals surface area contributed by atoms with Crippen LogP contribution in [0.4, 0.5) is 0 Å². The molecule has 0 fully saturated rings. The maximum absolute atomic E-state index is 11.6. The summed E-state index contributed by atoms with van der Waals surface area (Å²) >= 11 is 3.04. The first-order chi connectivity index (χ1) is 8.20. The van der Waals surface area contributed by atoms with Gasteiger partial charge in [0.2, 0.25) is 4.96 Å². The maximum Gasteiger partial charge on any atom is 0.275 e. The van der Waals surface area contributed by atoms with Crippen molar-refractivity contribution < 1.29 is 5.11 Å². The monoisotopic (exact) mass is 271 g/mol. The molecule has 0 spiro atoms. The zero-order valence-electron chi connectivity index (χ0n) is 9.37. The summed E-state index contributed by atoms with van der Waals surface area (Å²) in [5.41, 5.74) is 2.24. The van der Waals surface area contributed by atoms with Crippen LogP contribution in [0.15, 0.2) is 16.4 Å². The van der Waals surface area contributed by atoms with Gasteiger partial charge in [-0.25, -0.2) is 4.98 Å². The topological polar surface area (TPSA) is 67.5 Å². The van der Waals surface area contributed by atoms with Crippen LogP contribution in [-0.4, -0.2) is 31.6 Å². The number of aromatic nitrogens is 3. The lowest BCUT2D eigenvalue weighted by molar-refractivity contribution is 0.289. The van der Waals surface area contributed by atoms with E-state index >= 15 is 0 Å². The van der Waals surface area contributed by atoms with Gasteiger partial charge in [0.25, 0.3) is 5.56 Å². The predicted molar refractivity (Wildman–Crippen MR) is 69.6 cm³/mol. The van der Waals surface area contributed by atoms with E-state index in [2.05, 4.69) is 17.0 Å². The first-order valence-corrected chi connectivity index (χ1v) is 7.18. The van der Waals surface area contributed by atoms with E-state index < -0.39 is 0 Å². The van der Waals surface area contributed by atoms with E-state index in [0.717, 1.165) is 12.1 Å². The molecule has 5 nitrogen and oxygen atoms in total. The van der Waals surface area contributed by atoms with E-state index in [0.29, 0.717) is 16.0 Å². The third-order valence-corrected chi connectivity index (χ3v) is 4.23. The van der Waals surface area contributed by atoms with Crippen molar-refractivity contribution in [2.45, 2.75) is 24.3 Å². The van der Waals surface area contributed by atoms with Crippen LogP contribution in [0.25, 0.3) is 4.96 Å². The molecule has 92 valence electrons. The van der Waals surface area contributed by atoms with Gasteiger partial charge in [-0.3, -0.25) is 4.79 Å². The summed E-state index contributed by atoms with van der Waals surface area (Å²) in [4.78, 5) is 16.6. The quantitative estimate of drug-likeness (QED) is 0.883. The van der Waals surface area contributed by atoms with Crippen molar-refractivity contribution in [3.8, 4) is 0 Å². The Hall–Kier alpha value is -0.920. The van der Waals surface area contributed by atoms with Crippen LogP contribution in [0.1, 0.15) is 19.0 Å². The van der Waals surface area contributed by atoms with Crippen molar-refractivity contribution in [1.82, 2.24) is 14.6 Å². The zero-order chi connectivity index (χ0) is 12.3. The van der Waals surface area contributed by atoms with Gasteiger partial charge in [-0.15, -0.1) is 0 Å². The summed E-state index contributed by atoms with van der Waals surface area (Å²) < 4.78 is 1.30. The molecule has 17 heavy (non-hydrogen) atoms. The fraction of sp³-hybridized carbons (Fsp3) is 0.500. The molecule has 0 aliphatic rings. The second-order valence-corrected chi connectivity index (χ2v) is 5.89. The van der Waals surface area contributed by atoms with Gasteiger partial charge in [0.1, 0.15) is 5.51 Å². The number of aliphatic hydroxyl groups excluding tert-OH is 1. The van der Waals surface area contributed by atoms with Crippen molar-refractivity contribution in [3.05, 3.63) is 27.6 Å². The second-order valence-electron chi connectivity index (χ2n) is 3.65. The SMILES string of the molecule is CC(CCO)SCc1cc(=O)n2ncsc2n1. The molecule has 1 atom stereocenters. The lowest BCUT2D eigenvalue weighted by Crippen LogP contribution is -2.15. The summed E-state index contributed by atoms with van der Waals surface area (Å²) in [6.07, 6.45) is 0.756. The molecule has 1 unspecified atom stereocenters. The van der Waals surface area contributed by atoms with Gasteiger partial charge in [0, 0.05) is 23.7 Å². The molecule has 2 heterocycles. The van der Waals surface area contributed by atoms with Crippen LogP contribution < -0.4 is 5.56 Å². The molecule has 2 rings (SSSR count). The number of hydrogen-bond acceptors (Lipinski definition) is 6. The molecule has 0 amide bonds. The smallest absolute Gasteiger partial charge is 0.275 e. The highest BCUT2D eigenvalue weighted by Crippen LogP contribution is 2.18. The Morgan fingerprint density at radius 1 is 1.65 bits per heavy atom. The number of aliphatic hydroxyl groups is 1. The van der Waals surface area contributed by atoms with Crippen LogP contribution in [0, 0.1) is 0 Å². The Labute approximate surface area is 107 Å². The highest BCUT2D eigenvalue weighted by Gasteiger charge is 2.07. The average Bonchev–Trinajstić information content (AvgIpc) is 2.75. The fourth-order valence-electron chi connectivity index (χ4n) is 1.37. The number of hydrogen-bond donors (Lipinski definition) is 1. The molecular formula is C10H13N3O2S2. The second kappa shape index (κ2) is 5.61. The van der Waals surface area contributed by atoms with Gasteiger partial charge in [-0.1, -0.05) is 18.3 Å². The van der Waals surface area contributed by atoms with Gasteiger partial charge in [-0.2, -0.15) is 21.4 Å². The molecule has 7 heteroatoms. The van der Waals surface area contributed by atoms with Crippen molar-refractivity contribution >= 4 is 28.1 Å². The summed E-state index contributed by atoms with van der Waals surface area (Å²) in [7, 11) is 0. The Bertz CT molecular complexity index is 552. The summed E-state index contributed by atoms with van der Waals surface area (Å²) in [5.74, 6) is 0.685. The molecular weight excluding hydrogens is 258 g/mol. The number of thioether (sulfide) groups is 1. The van der Waals surface area contributed by atoms with Crippen molar-refractivity contribution in [2.75, 3.05) is 6.61 Å². The number of rotatable bonds is 5. The maximum atomic E-state index is 11.6. The molecule has 0 bridgehead atoms. The van der Waals surface area contributed by atoms with Gasteiger partial charge < -0.3 is 5.11 Å². The van der Waals surface area contributed by atoms with Crippen LogP contribution in [-0.2, 0) is 5.75 Å². The molecule has 0 radical (unpaired) electrons. The van der Waals surface area contributed by atoms with Crippen LogP contribution in [0.5, 0.6) is 0 Å². The largest absolute Gasteiger partial charge is 0.396 e. The lowest BCUT2D eigenvalue weighted by atomic mass is 10.3. The van der Waals surface area contributed by atoms with Crippen molar-refractivity contribution in [3.63, 3.8) is 0 Å². The lowest BCUT2D eigenvalue weighted by Gasteiger charge is -2.08. The summed E-state index contributed by atoms with van der Waals surface area (Å²) in [6.45, 7) is 2.25. The van der Waals surface area contributed by atoms with Crippen LogP contribution >= 0.6 is 23.1 Å². The highest BCUT2D eigenvalue weighted by molar-refractivity contribution is 7.99. The fourth-order valence-corrected chi connectivity index (χ4v) is 2.89. The van der Waals surface area contributed by atoms with E-state index in [4.69, 9.17) is 5.11 Å². The molecule has 2 aromatic rings. The molecule has 0 saturated heterocycles. The minimum Gasteiger partial charge on any atom is -0.396 e. The molecule has 2 aromatic heterocycles. The Morgan fingerprint density at radius 2 is 2.47 bits per heavy atom. The van der Waals surface area contributed by atoms with Gasteiger partial charge in [0.15, 0.2) is 0 Å². The molecule has 0 aromatic carbocycles. The average molecular weight is 271 g/mol. The van der Waals surface area contributed by atoms with E-state index in [-0.39, 0.29) is 12.2 Å². The number of nitrogens with zero attached hydrogens (tertiary/aromatic N) is 3. The Morgan fingerprint density at radius 3 is 3.24 bits per heavy atom. The van der Waals surface area contributed by atoms with E-state index in [9.17, 15) is 4.79 Å². The van der Waals surface area contributed by atoms with E-state index in [1.165, 1.54) is 21.9 Å². The van der Waals surface area contributed by atoms with E-state index in [1.807, 2.05) is 0 Å². The highest BCUT2D eigenvalue weighted by atomic mass is 32.2. The first kappa shape index (κ1) is 12.5. The normalized spacial score (nSPS) is 13.1. The zero-order valence-corrected chi connectivity index (χ0v) is 11.0. The summed E-state index contributed by atoms with van der Waals surface area (Å²) in [5, 5.41) is 13.1. The van der Waals surface area contributed by atoms with Gasteiger partial charge in [-0.05, 0) is 6.42 Å². The Balaban J connectivity index is 2.11. The molecule has 0 aliphatic carbocycles. The van der Waals surface area contributed by atoms with Crippen molar-refractivity contribution in [1.29, 1.82) is 0 Å². The molecule has 0 saturated carbocycles. The van der Waals surface area contributed by atoms with E-state index in [1.54, 1.807) is 17.3 Å². The van der Waals surface area contributed by atoms with Gasteiger partial charge in [0.05, 0.1) is 5.69 Å². The van der Waals surface area contributed by atoms with Crippen LogP contribution in [0.3, 0.4) is 0 Å². The first-order valence-electron chi connectivity index (χ1n) is 5.25. The molecule has 0 aliphatic heterocycles. The third kappa shape index (κ3) is 3.05. The standard InChI is InChI=1S/C10H13N3O2S2/c1-7(2-3-14)16-5-8-4-9(15)13-10(12-8)17-6-11-13/h4,6-7,14H,2-3,5H2,1H3. The Kier molecular flexibility index (Phi) is 4.14. The minimum absolute atomic E-state index is 0.137. The number of fused-ring (bicyclic) bond motifs is 1. The van der Waals surface area contributed by atoms with Gasteiger partial charge >= 0.3 is 0 Å². The predicted octanol–water partition coefficient (Wildman–Crippen LogP) is 1.16. The minimum atomic E-state index is -0.137. The third-order valence-electron chi connectivity index (χ3n) is 2.29. The van der Waals surface area contributed by atoms with Crippen LogP contribution in [0.2, 0.25) is 0 Å². The van der Waals surface area contributed by atoms with Crippen molar-refractivity contribution in [2.24, 2.45) is 0 Å².